The third kappa shape index (κ3) is 4.36. The van der Waals surface area contributed by atoms with Crippen LogP contribution in [0.4, 0.5) is 5.69 Å². The lowest BCUT2D eigenvalue weighted by molar-refractivity contribution is 0.110. The molecular formula is C14H22N2O. The second-order valence-corrected chi connectivity index (χ2v) is 4.63. The van der Waals surface area contributed by atoms with Crippen molar-refractivity contribution in [2.45, 2.75) is 25.9 Å². The average Bonchev–Trinajstić information content (AvgIpc) is 2.84. The second-order valence-electron chi connectivity index (χ2n) is 4.63. The minimum atomic E-state index is 0.439. The summed E-state index contributed by atoms with van der Waals surface area (Å²) in [4.78, 5) is 0. The third-order valence-corrected chi connectivity index (χ3v) is 3.08. The molecule has 1 fully saturated rings. The van der Waals surface area contributed by atoms with Gasteiger partial charge in [-0.3, -0.25) is 0 Å². The van der Waals surface area contributed by atoms with E-state index >= 15 is 0 Å². The molecule has 1 aliphatic heterocycles. The van der Waals surface area contributed by atoms with E-state index in [4.69, 9.17) is 4.74 Å². The molecule has 3 nitrogen and oxygen atoms in total. The Morgan fingerprint density at radius 2 is 2.06 bits per heavy atom. The van der Waals surface area contributed by atoms with Crippen LogP contribution in [0.3, 0.4) is 0 Å². The van der Waals surface area contributed by atoms with Crippen molar-refractivity contribution in [3.63, 3.8) is 0 Å². The topological polar surface area (TPSA) is 33.3 Å². The Balaban J connectivity index is 1.55. The molecule has 0 spiro atoms. The molecule has 0 radical (unpaired) electrons. The standard InChI is InChI=1S/C14H22N2O/c1-12-4-6-13(7-5-12)16-9-8-15-11-14-3-2-10-17-14/h4-7,14-16H,2-3,8-11H2,1H3. The Morgan fingerprint density at radius 1 is 1.24 bits per heavy atom. The Morgan fingerprint density at radius 3 is 2.76 bits per heavy atom. The molecular weight excluding hydrogens is 212 g/mol. The molecule has 1 heterocycles. The molecule has 0 aromatic heterocycles. The van der Waals surface area contributed by atoms with Crippen molar-refractivity contribution in [2.24, 2.45) is 0 Å². The molecule has 17 heavy (non-hydrogen) atoms. The van der Waals surface area contributed by atoms with E-state index in [1.165, 1.54) is 24.1 Å². The monoisotopic (exact) mass is 234 g/mol. The van der Waals surface area contributed by atoms with Crippen molar-refractivity contribution in [1.82, 2.24) is 5.32 Å². The molecule has 2 rings (SSSR count). The minimum absolute atomic E-state index is 0.439. The zero-order valence-corrected chi connectivity index (χ0v) is 10.5. The number of nitrogens with one attached hydrogen (secondary N) is 2. The first-order chi connectivity index (χ1) is 8.34. The molecule has 1 aromatic carbocycles. The smallest absolute Gasteiger partial charge is 0.0700 e. The lowest BCUT2D eigenvalue weighted by Gasteiger charge is -2.11. The SMILES string of the molecule is Cc1ccc(NCCNCC2CCCO2)cc1. The van der Waals surface area contributed by atoms with Gasteiger partial charge >= 0.3 is 0 Å². The fourth-order valence-corrected chi connectivity index (χ4v) is 2.04. The van der Waals surface area contributed by atoms with E-state index in [0.717, 1.165) is 26.2 Å². The van der Waals surface area contributed by atoms with Crippen LogP contribution in [0.5, 0.6) is 0 Å². The van der Waals surface area contributed by atoms with E-state index in [-0.39, 0.29) is 0 Å². The normalized spacial score (nSPS) is 19.5. The van der Waals surface area contributed by atoms with Crippen LogP contribution in [0.1, 0.15) is 18.4 Å². The summed E-state index contributed by atoms with van der Waals surface area (Å²) in [6.45, 7) is 5.96. The van der Waals surface area contributed by atoms with Gasteiger partial charge in [0, 0.05) is 31.9 Å². The third-order valence-electron chi connectivity index (χ3n) is 3.08. The van der Waals surface area contributed by atoms with E-state index in [9.17, 15) is 0 Å². The maximum absolute atomic E-state index is 5.55. The number of hydrogen-bond acceptors (Lipinski definition) is 3. The summed E-state index contributed by atoms with van der Waals surface area (Å²) < 4.78 is 5.55. The molecule has 94 valence electrons. The molecule has 1 aliphatic rings. The number of anilines is 1. The van der Waals surface area contributed by atoms with Crippen LogP contribution in [0.25, 0.3) is 0 Å². The second kappa shape index (κ2) is 6.62. The molecule has 0 amide bonds. The lowest BCUT2D eigenvalue weighted by Crippen LogP contribution is -2.30. The molecule has 1 aromatic rings. The van der Waals surface area contributed by atoms with Crippen molar-refractivity contribution < 1.29 is 4.74 Å². The molecule has 0 aliphatic carbocycles. The van der Waals surface area contributed by atoms with Gasteiger partial charge in [-0.25, -0.2) is 0 Å². The van der Waals surface area contributed by atoms with Crippen molar-refractivity contribution in [2.75, 3.05) is 31.6 Å². The Labute approximate surface area is 104 Å². The fraction of sp³-hybridized carbons (Fsp3) is 0.571. The maximum atomic E-state index is 5.55. The summed E-state index contributed by atoms with van der Waals surface area (Å²) in [5.41, 5.74) is 2.49. The average molecular weight is 234 g/mol. The molecule has 0 saturated carbocycles. The first-order valence-corrected chi connectivity index (χ1v) is 6.47. The van der Waals surface area contributed by atoms with Crippen LogP contribution in [0.2, 0.25) is 0 Å². The van der Waals surface area contributed by atoms with E-state index in [1.54, 1.807) is 0 Å². The molecule has 1 saturated heterocycles. The predicted octanol–water partition coefficient (Wildman–Crippen LogP) is 2.18. The largest absolute Gasteiger partial charge is 0.384 e. The number of benzene rings is 1. The number of hydrogen-bond donors (Lipinski definition) is 2. The van der Waals surface area contributed by atoms with Gasteiger partial charge in [0.15, 0.2) is 0 Å². The first-order valence-electron chi connectivity index (χ1n) is 6.47. The van der Waals surface area contributed by atoms with Gasteiger partial charge in [-0.2, -0.15) is 0 Å². The molecule has 3 heteroatoms. The number of ether oxygens (including phenoxy) is 1. The van der Waals surface area contributed by atoms with Gasteiger partial charge in [0.2, 0.25) is 0 Å². The number of aryl methyl sites for hydroxylation is 1. The summed E-state index contributed by atoms with van der Waals surface area (Å²) in [5.74, 6) is 0. The van der Waals surface area contributed by atoms with E-state index in [1.807, 2.05) is 0 Å². The zero-order chi connectivity index (χ0) is 11.9. The highest BCUT2D eigenvalue weighted by atomic mass is 16.5. The van der Waals surface area contributed by atoms with E-state index in [2.05, 4.69) is 41.8 Å². The van der Waals surface area contributed by atoms with Crippen LogP contribution in [0, 0.1) is 6.92 Å². The fourth-order valence-electron chi connectivity index (χ4n) is 2.04. The van der Waals surface area contributed by atoms with Crippen LogP contribution in [0.15, 0.2) is 24.3 Å². The van der Waals surface area contributed by atoms with E-state index in [0.29, 0.717) is 6.10 Å². The Hall–Kier alpha value is -1.06. The van der Waals surface area contributed by atoms with Crippen molar-refractivity contribution >= 4 is 5.69 Å². The van der Waals surface area contributed by atoms with Crippen molar-refractivity contribution in [3.05, 3.63) is 29.8 Å². The molecule has 1 unspecified atom stereocenters. The van der Waals surface area contributed by atoms with Crippen LogP contribution in [-0.2, 0) is 4.74 Å². The van der Waals surface area contributed by atoms with Gasteiger partial charge < -0.3 is 15.4 Å². The van der Waals surface area contributed by atoms with Gasteiger partial charge in [-0.1, -0.05) is 17.7 Å². The summed E-state index contributed by atoms with van der Waals surface area (Å²) >= 11 is 0. The van der Waals surface area contributed by atoms with Gasteiger partial charge in [0.05, 0.1) is 6.10 Å². The van der Waals surface area contributed by atoms with E-state index < -0.39 is 0 Å². The zero-order valence-electron chi connectivity index (χ0n) is 10.5. The Kier molecular flexibility index (Phi) is 4.83. The molecule has 1 atom stereocenters. The van der Waals surface area contributed by atoms with Crippen LogP contribution in [-0.4, -0.2) is 32.3 Å². The maximum Gasteiger partial charge on any atom is 0.0700 e. The Bertz CT molecular complexity index is 317. The highest BCUT2D eigenvalue weighted by Crippen LogP contribution is 2.10. The first kappa shape index (κ1) is 12.4. The quantitative estimate of drug-likeness (QED) is 0.740. The van der Waals surface area contributed by atoms with Gasteiger partial charge in [0.25, 0.3) is 0 Å². The van der Waals surface area contributed by atoms with Crippen molar-refractivity contribution in [1.29, 1.82) is 0 Å². The minimum Gasteiger partial charge on any atom is -0.384 e. The summed E-state index contributed by atoms with van der Waals surface area (Å²) in [5, 5.41) is 6.82. The highest BCUT2D eigenvalue weighted by Gasteiger charge is 2.13. The molecule has 2 N–H and O–H groups in total. The van der Waals surface area contributed by atoms with Crippen LogP contribution >= 0.6 is 0 Å². The highest BCUT2D eigenvalue weighted by molar-refractivity contribution is 5.44. The van der Waals surface area contributed by atoms with Crippen molar-refractivity contribution in [3.8, 4) is 0 Å². The number of rotatable bonds is 6. The van der Waals surface area contributed by atoms with Gasteiger partial charge in [-0.15, -0.1) is 0 Å². The van der Waals surface area contributed by atoms with Gasteiger partial charge in [0.1, 0.15) is 0 Å². The lowest BCUT2D eigenvalue weighted by atomic mass is 10.2. The van der Waals surface area contributed by atoms with Crippen LogP contribution < -0.4 is 10.6 Å². The molecule has 0 bridgehead atoms. The summed E-state index contributed by atoms with van der Waals surface area (Å²) in [7, 11) is 0. The summed E-state index contributed by atoms with van der Waals surface area (Å²) in [6.07, 6.45) is 2.86. The summed E-state index contributed by atoms with van der Waals surface area (Å²) in [6, 6.07) is 8.50. The predicted molar refractivity (Wildman–Crippen MR) is 71.5 cm³/mol. The van der Waals surface area contributed by atoms with Gasteiger partial charge in [-0.05, 0) is 31.9 Å².